The van der Waals surface area contributed by atoms with Crippen molar-refractivity contribution in [2.45, 2.75) is 202 Å². The molecule has 0 saturated heterocycles. The Morgan fingerprint density at radius 1 is 0.302 bits per heavy atom. The summed E-state index contributed by atoms with van der Waals surface area (Å²) < 4.78 is 29.7. The van der Waals surface area contributed by atoms with Crippen molar-refractivity contribution in [1.29, 1.82) is 0 Å². The third kappa shape index (κ3) is 36.2. The molecule has 0 saturated carbocycles. The SMILES string of the molecule is CCC(CCC(=O)C(CC(C=O)CC(C=O)CC(C)C=O)CC(C=O)CC(C=O)CC(C)C=O)(COC(=O)C(CC(C=O)CC(C=O)CC(C)C=O)CC(C=O)CC(C=O)CC(C)C=O)COC(=O)C(CC(C=O)CC(C=O)CC(C)C=O)CC(CC(CC(C)OC)OC)OC. The van der Waals surface area contributed by atoms with Crippen LogP contribution in [0.25, 0.3) is 0 Å². The zero-order valence-corrected chi connectivity index (χ0v) is 58.4. The van der Waals surface area contributed by atoms with Gasteiger partial charge in [0.05, 0.1) is 30.1 Å². The molecule has 0 N–H and O–H groups in total. The second kappa shape index (κ2) is 51.7. The zero-order chi connectivity index (χ0) is 72.8. The molecule has 23 heteroatoms. The molecule has 0 rings (SSSR count). The van der Waals surface area contributed by atoms with Gasteiger partial charge in [0, 0.05) is 128 Å². The summed E-state index contributed by atoms with van der Waals surface area (Å²) in [7, 11) is 4.49. The Morgan fingerprint density at radius 3 is 0.792 bits per heavy atom. The first kappa shape index (κ1) is 89.5. The van der Waals surface area contributed by atoms with Crippen molar-refractivity contribution in [3.05, 3.63) is 0 Å². The molecular formula is C73H112O23. The first-order chi connectivity index (χ1) is 45.8. The number of Topliss-reactive ketones (excluding diaryl/α,β-unsaturated/α-hetero) is 1. The second-order valence-corrected chi connectivity index (χ2v) is 27.7. The lowest BCUT2D eigenvalue weighted by Gasteiger charge is -2.34. The fraction of sp³-hybridized carbons (Fsp3) is 0.753. The van der Waals surface area contributed by atoms with Crippen molar-refractivity contribution < 1.29 is 110 Å². The van der Waals surface area contributed by atoms with Crippen LogP contribution in [0.2, 0.25) is 0 Å². The molecule has 0 radical (unpaired) electrons. The van der Waals surface area contributed by atoms with E-state index in [-0.39, 0.29) is 128 Å². The quantitative estimate of drug-likeness (QED) is 0.0410. The Bertz CT molecular complexity index is 2180. The van der Waals surface area contributed by atoms with Crippen LogP contribution in [-0.2, 0) is 110 Å². The van der Waals surface area contributed by atoms with Gasteiger partial charge in [-0.05, 0) is 135 Å². The Balaban J connectivity index is 8.40. The van der Waals surface area contributed by atoms with Crippen LogP contribution in [0.3, 0.4) is 0 Å². The molecule has 0 bridgehead atoms. The highest BCUT2D eigenvalue weighted by molar-refractivity contribution is 5.82. The van der Waals surface area contributed by atoms with Gasteiger partial charge < -0.3 is 95.6 Å². The van der Waals surface area contributed by atoms with Crippen LogP contribution in [0.4, 0.5) is 0 Å². The van der Waals surface area contributed by atoms with Crippen LogP contribution in [-0.4, -0.2) is 165 Å². The Labute approximate surface area is 567 Å². The Hall–Kier alpha value is -6.46. The van der Waals surface area contributed by atoms with E-state index in [0.29, 0.717) is 101 Å². The minimum Gasteiger partial charge on any atom is -0.465 e. The number of ketones is 1. The summed E-state index contributed by atoms with van der Waals surface area (Å²) in [5.41, 5.74) is -1.50. The van der Waals surface area contributed by atoms with E-state index in [1.54, 1.807) is 48.7 Å². The van der Waals surface area contributed by atoms with Crippen LogP contribution in [0.5, 0.6) is 0 Å². The molecule has 0 aliphatic heterocycles. The molecule has 0 aliphatic rings. The second-order valence-electron chi connectivity index (χ2n) is 27.7. The maximum Gasteiger partial charge on any atom is 0.309 e. The van der Waals surface area contributed by atoms with E-state index in [0.717, 1.165) is 0 Å². The molecule has 0 aromatic carbocycles. The number of rotatable bonds is 65. The zero-order valence-electron chi connectivity index (χ0n) is 58.4. The van der Waals surface area contributed by atoms with Gasteiger partial charge in [0.15, 0.2) is 0 Å². The van der Waals surface area contributed by atoms with Gasteiger partial charge >= 0.3 is 11.9 Å². The maximum atomic E-state index is 15.1. The Morgan fingerprint density at radius 2 is 0.552 bits per heavy atom. The molecular weight excluding hydrogens is 1240 g/mol. The first-order valence-corrected chi connectivity index (χ1v) is 34.1. The van der Waals surface area contributed by atoms with E-state index < -0.39 is 162 Å². The van der Waals surface area contributed by atoms with Gasteiger partial charge in [-0.25, -0.2) is 0 Å². The monoisotopic (exact) mass is 1360 g/mol. The summed E-state index contributed by atoms with van der Waals surface area (Å²) in [6.07, 6.45) is 7.13. The van der Waals surface area contributed by atoms with Crippen molar-refractivity contribution in [3.63, 3.8) is 0 Å². The van der Waals surface area contributed by atoms with Gasteiger partial charge in [0.25, 0.3) is 0 Å². The molecule has 0 heterocycles. The fourth-order valence-electron chi connectivity index (χ4n) is 12.9. The summed E-state index contributed by atoms with van der Waals surface area (Å²) in [6, 6.07) is 0. The minimum atomic E-state index is -1.50. The number of esters is 2. The van der Waals surface area contributed by atoms with Crippen LogP contribution in [0.15, 0.2) is 0 Å². The molecule has 20 atom stereocenters. The predicted molar refractivity (Wildman–Crippen MR) is 352 cm³/mol. The lowest BCUT2D eigenvalue weighted by atomic mass is 9.75. The van der Waals surface area contributed by atoms with E-state index >= 15 is 9.59 Å². The number of aldehydes is 15. The number of hydrogen-bond acceptors (Lipinski definition) is 23. The van der Waals surface area contributed by atoms with Gasteiger partial charge in [-0.1, -0.05) is 41.5 Å². The average Bonchev–Trinajstić information content (AvgIpc) is 0.934. The van der Waals surface area contributed by atoms with Crippen LogP contribution >= 0.6 is 0 Å². The number of hydrogen-bond donors (Lipinski definition) is 0. The van der Waals surface area contributed by atoms with E-state index in [1.165, 1.54) is 14.2 Å². The number of carbonyl (C=O) groups is 18. The lowest BCUT2D eigenvalue weighted by molar-refractivity contribution is -0.162. The molecule has 20 unspecified atom stereocenters. The molecule has 0 aromatic rings. The molecule has 96 heavy (non-hydrogen) atoms. The Kier molecular flexibility index (Phi) is 48.2. The maximum absolute atomic E-state index is 15.1. The standard InChI is InChI=1S/C73H112O23/c1-11-73(13-12-70(89)65(25-60(42-84)20-55(37-79)14-49(2)32-74)26-61(43-85)21-56(38-80)15-50(3)33-75,47-95-71(90)66(27-62(44-86)22-57(39-81)16-51(4)34-76)28-63(45-87)23-58(40-82)17-52(5)35-77)48-96-72(91)67(29-64(46-88)24-59(41-83)18-53(6)36-78)30-69(94-10)31-68(93-9)19-54(7)92-8/h32-46,49-69H,11-31,47-48H2,1-10H3. The van der Waals surface area contributed by atoms with Crippen molar-refractivity contribution in [2.24, 2.45) is 112 Å². The largest absolute Gasteiger partial charge is 0.465 e. The van der Waals surface area contributed by atoms with Crippen LogP contribution in [0, 0.1) is 112 Å². The van der Waals surface area contributed by atoms with Gasteiger partial charge in [-0.15, -0.1) is 0 Å². The van der Waals surface area contributed by atoms with E-state index in [9.17, 15) is 76.7 Å². The lowest BCUT2D eigenvalue weighted by Crippen LogP contribution is -2.38. The normalized spacial score (nSPS) is 18.7. The smallest absolute Gasteiger partial charge is 0.309 e. The van der Waals surface area contributed by atoms with Crippen molar-refractivity contribution >= 4 is 112 Å². The number of ether oxygens (including phenoxy) is 5. The van der Waals surface area contributed by atoms with Crippen molar-refractivity contribution in [2.75, 3.05) is 34.5 Å². The van der Waals surface area contributed by atoms with E-state index in [4.69, 9.17) is 23.7 Å². The fourth-order valence-corrected chi connectivity index (χ4v) is 12.9. The number of carbonyl (C=O) groups excluding carboxylic acids is 18. The van der Waals surface area contributed by atoms with E-state index in [2.05, 4.69) is 0 Å². The molecule has 0 amide bonds. The minimum absolute atomic E-state index is 0.00120. The molecule has 0 spiro atoms. The van der Waals surface area contributed by atoms with Gasteiger partial charge in [0.2, 0.25) is 0 Å². The molecule has 0 fully saturated rings. The molecule has 542 valence electrons. The molecule has 23 nitrogen and oxygen atoms in total. The van der Waals surface area contributed by atoms with Gasteiger partial charge in [-0.2, -0.15) is 0 Å². The highest BCUT2D eigenvalue weighted by Gasteiger charge is 2.40. The van der Waals surface area contributed by atoms with Crippen LogP contribution in [0.1, 0.15) is 183 Å². The summed E-state index contributed by atoms with van der Waals surface area (Å²) in [5, 5.41) is 0. The molecule has 0 aliphatic carbocycles. The summed E-state index contributed by atoms with van der Waals surface area (Å²) in [6.45, 7) is 10.4. The van der Waals surface area contributed by atoms with Crippen molar-refractivity contribution in [1.82, 2.24) is 0 Å². The summed E-state index contributed by atoms with van der Waals surface area (Å²) >= 11 is 0. The van der Waals surface area contributed by atoms with Crippen LogP contribution < -0.4 is 0 Å². The van der Waals surface area contributed by atoms with E-state index in [1.807, 2.05) is 6.92 Å². The topological polar surface area (TPSA) is 353 Å². The first-order valence-electron chi connectivity index (χ1n) is 34.1. The highest BCUT2D eigenvalue weighted by Crippen LogP contribution is 2.37. The summed E-state index contributed by atoms with van der Waals surface area (Å²) in [5.74, 6) is -17.3. The number of methoxy groups -OCH3 is 3. The predicted octanol–water partition coefficient (Wildman–Crippen LogP) is 8.08. The van der Waals surface area contributed by atoms with Gasteiger partial charge in [-0.3, -0.25) is 14.4 Å². The summed E-state index contributed by atoms with van der Waals surface area (Å²) in [4.78, 5) is 229. The third-order valence-electron chi connectivity index (χ3n) is 19.0. The average molecular weight is 1360 g/mol. The molecule has 0 aromatic heterocycles. The van der Waals surface area contributed by atoms with Crippen molar-refractivity contribution in [3.8, 4) is 0 Å². The highest BCUT2D eigenvalue weighted by atomic mass is 16.6. The third-order valence-corrected chi connectivity index (χ3v) is 19.0. The van der Waals surface area contributed by atoms with Gasteiger partial charge in [0.1, 0.15) is 113 Å².